The molecule has 1 nitrogen and oxygen atoms in total. The fourth-order valence-electron chi connectivity index (χ4n) is 1.12. The Bertz CT molecular complexity index is 429. The van der Waals surface area contributed by atoms with E-state index in [9.17, 15) is 9.18 Å². The Kier molecular flexibility index (Phi) is 6.08. The summed E-state index contributed by atoms with van der Waals surface area (Å²) in [4.78, 5) is 11.5. The number of benzene rings is 1. The Morgan fingerprint density at radius 2 is 1.76 bits per heavy atom. The van der Waals surface area contributed by atoms with Gasteiger partial charge in [-0.3, -0.25) is 4.79 Å². The smallest absolute Gasteiger partial charge is 0.180 e. The van der Waals surface area contributed by atoms with Crippen LogP contribution in [0.1, 0.15) is 5.56 Å². The van der Waals surface area contributed by atoms with Gasteiger partial charge in [-0.15, -0.1) is 23.5 Å². The Morgan fingerprint density at radius 3 is 2.29 bits per heavy atom. The Hall–Kier alpha value is -1.00. The first-order chi connectivity index (χ1) is 8.15. The van der Waals surface area contributed by atoms with Gasteiger partial charge in [-0.25, -0.2) is 4.39 Å². The average Bonchev–Trinajstić information content (AvgIpc) is 2.35. The molecule has 0 aliphatic carbocycles. The zero-order valence-electron chi connectivity index (χ0n) is 9.64. The van der Waals surface area contributed by atoms with E-state index in [4.69, 9.17) is 0 Å². The maximum Gasteiger partial charge on any atom is 0.180 e. The second kappa shape index (κ2) is 7.35. The largest absolute Gasteiger partial charge is 0.290 e. The van der Waals surface area contributed by atoms with Crippen molar-refractivity contribution in [2.75, 3.05) is 12.5 Å². The van der Waals surface area contributed by atoms with Crippen molar-refractivity contribution in [1.82, 2.24) is 0 Å². The molecule has 0 atom stereocenters. The molecule has 0 bridgehead atoms. The molecule has 0 aliphatic heterocycles. The number of carbonyl (C=O) groups excluding carboxylic acids is 1. The van der Waals surface area contributed by atoms with Crippen LogP contribution in [0.25, 0.3) is 6.08 Å². The standard InChI is InChI=1S/C13H13FOS2/c1-16-13(17-2)9-12(15)8-5-10-3-6-11(14)7-4-10/h3-9H,1-2H3/b8-5+. The number of rotatable bonds is 5. The highest BCUT2D eigenvalue weighted by Crippen LogP contribution is 2.23. The van der Waals surface area contributed by atoms with E-state index in [1.54, 1.807) is 47.8 Å². The van der Waals surface area contributed by atoms with Crippen LogP contribution >= 0.6 is 23.5 Å². The maximum absolute atomic E-state index is 12.6. The van der Waals surface area contributed by atoms with Crippen molar-refractivity contribution in [3.05, 3.63) is 52.0 Å². The van der Waals surface area contributed by atoms with Gasteiger partial charge in [0.15, 0.2) is 5.78 Å². The molecular formula is C13H13FOS2. The SMILES string of the molecule is CSC(=CC(=O)/C=C/c1ccc(F)cc1)SC. The van der Waals surface area contributed by atoms with E-state index in [0.29, 0.717) is 0 Å². The summed E-state index contributed by atoms with van der Waals surface area (Å²) >= 11 is 3.08. The van der Waals surface area contributed by atoms with Crippen LogP contribution < -0.4 is 0 Å². The lowest BCUT2D eigenvalue weighted by Crippen LogP contribution is -1.86. The summed E-state index contributed by atoms with van der Waals surface area (Å²) in [5.41, 5.74) is 0.808. The van der Waals surface area contributed by atoms with E-state index in [2.05, 4.69) is 0 Å². The Morgan fingerprint density at radius 1 is 1.18 bits per heavy atom. The lowest BCUT2D eigenvalue weighted by atomic mass is 10.2. The third kappa shape index (κ3) is 5.24. The number of hydrogen-bond acceptors (Lipinski definition) is 3. The predicted molar refractivity (Wildman–Crippen MR) is 75.6 cm³/mol. The topological polar surface area (TPSA) is 17.1 Å². The summed E-state index contributed by atoms with van der Waals surface area (Å²) in [6, 6.07) is 6.00. The van der Waals surface area contributed by atoms with Crippen molar-refractivity contribution in [2.45, 2.75) is 0 Å². The summed E-state index contributed by atoms with van der Waals surface area (Å²) in [5.74, 6) is -0.339. The van der Waals surface area contributed by atoms with Crippen molar-refractivity contribution in [1.29, 1.82) is 0 Å². The fourth-order valence-corrected chi connectivity index (χ4v) is 2.25. The van der Waals surface area contributed by atoms with E-state index in [-0.39, 0.29) is 11.6 Å². The van der Waals surface area contributed by atoms with Crippen molar-refractivity contribution >= 4 is 35.4 Å². The summed E-state index contributed by atoms with van der Waals surface area (Å²) < 4.78 is 13.6. The van der Waals surface area contributed by atoms with Crippen LogP contribution in [0.15, 0.2) is 40.7 Å². The van der Waals surface area contributed by atoms with E-state index in [1.165, 1.54) is 18.2 Å². The van der Waals surface area contributed by atoms with Gasteiger partial charge in [-0.05, 0) is 36.3 Å². The van der Waals surface area contributed by atoms with E-state index in [0.717, 1.165) is 9.80 Å². The van der Waals surface area contributed by atoms with Gasteiger partial charge in [0.25, 0.3) is 0 Å². The van der Waals surface area contributed by atoms with Crippen molar-refractivity contribution in [3.8, 4) is 0 Å². The average molecular weight is 268 g/mol. The van der Waals surface area contributed by atoms with Gasteiger partial charge in [0.1, 0.15) is 5.82 Å². The predicted octanol–water partition coefficient (Wildman–Crippen LogP) is 3.98. The summed E-state index contributed by atoms with van der Waals surface area (Å²) in [6.07, 6.45) is 8.62. The number of ketones is 1. The maximum atomic E-state index is 12.6. The lowest BCUT2D eigenvalue weighted by Gasteiger charge is -1.96. The molecule has 0 amide bonds. The van der Waals surface area contributed by atoms with Gasteiger partial charge < -0.3 is 0 Å². The summed E-state index contributed by atoms with van der Waals surface area (Å²) in [6.45, 7) is 0. The minimum atomic E-state index is -0.277. The molecule has 0 unspecified atom stereocenters. The number of hydrogen-bond donors (Lipinski definition) is 0. The molecule has 0 aromatic heterocycles. The zero-order valence-corrected chi connectivity index (χ0v) is 11.3. The molecule has 0 radical (unpaired) electrons. The van der Waals surface area contributed by atoms with Gasteiger partial charge in [-0.1, -0.05) is 18.2 Å². The van der Waals surface area contributed by atoms with Crippen LogP contribution in [0.5, 0.6) is 0 Å². The monoisotopic (exact) mass is 268 g/mol. The van der Waals surface area contributed by atoms with Crippen molar-refractivity contribution in [3.63, 3.8) is 0 Å². The molecule has 0 spiro atoms. The number of carbonyl (C=O) groups is 1. The first-order valence-electron chi connectivity index (χ1n) is 4.93. The highest BCUT2D eigenvalue weighted by Gasteiger charge is 1.96. The third-order valence-electron chi connectivity index (χ3n) is 1.97. The highest BCUT2D eigenvalue weighted by atomic mass is 32.2. The first-order valence-corrected chi connectivity index (χ1v) is 7.38. The van der Waals surface area contributed by atoms with E-state index >= 15 is 0 Å². The summed E-state index contributed by atoms with van der Waals surface area (Å²) in [7, 11) is 0. The molecule has 0 N–H and O–H groups in total. The fraction of sp³-hybridized carbons (Fsp3) is 0.154. The number of halogens is 1. The van der Waals surface area contributed by atoms with Crippen LogP contribution in [0, 0.1) is 5.82 Å². The highest BCUT2D eigenvalue weighted by molar-refractivity contribution is 8.21. The van der Waals surface area contributed by atoms with Crippen molar-refractivity contribution in [2.24, 2.45) is 0 Å². The molecule has 0 aliphatic rings. The van der Waals surface area contributed by atoms with Crippen LogP contribution in [0.2, 0.25) is 0 Å². The zero-order chi connectivity index (χ0) is 12.7. The van der Waals surface area contributed by atoms with E-state index < -0.39 is 0 Å². The van der Waals surface area contributed by atoms with Crippen LogP contribution in [-0.2, 0) is 4.79 Å². The normalized spacial score (nSPS) is 10.5. The van der Waals surface area contributed by atoms with Crippen LogP contribution in [-0.4, -0.2) is 18.3 Å². The lowest BCUT2D eigenvalue weighted by molar-refractivity contribution is -0.110. The molecule has 1 aromatic rings. The van der Waals surface area contributed by atoms with E-state index in [1.807, 2.05) is 12.5 Å². The van der Waals surface area contributed by atoms with Gasteiger partial charge in [0.2, 0.25) is 0 Å². The quantitative estimate of drug-likeness (QED) is 0.752. The molecular weight excluding hydrogens is 255 g/mol. The number of allylic oxidation sites excluding steroid dienone is 2. The van der Waals surface area contributed by atoms with Gasteiger partial charge >= 0.3 is 0 Å². The molecule has 1 rings (SSSR count). The minimum Gasteiger partial charge on any atom is -0.290 e. The van der Waals surface area contributed by atoms with Crippen molar-refractivity contribution < 1.29 is 9.18 Å². The van der Waals surface area contributed by atoms with Gasteiger partial charge in [-0.2, -0.15) is 0 Å². The second-order valence-electron chi connectivity index (χ2n) is 3.16. The molecule has 17 heavy (non-hydrogen) atoms. The Balaban J connectivity index is 2.68. The number of thioether (sulfide) groups is 2. The molecule has 1 aromatic carbocycles. The minimum absolute atomic E-state index is 0.0620. The summed E-state index contributed by atoms with van der Waals surface area (Å²) in [5, 5.41) is 0. The molecule has 4 heteroatoms. The second-order valence-corrected chi connectivity index (χ2v) is 5.11. The molecule has 90 valence electrons. The third-order valence-corrected chi connectivity index (χ3v) is 4.01. The van der Waals surface area contributed by atoms with Gasteiger partial charge in [0, 0.05) is 10.3 Å². The molecule has 0 heterocycles. The van der Waals surface area contributed by atoms with Crippen LogP contribution in [0.3, 0.4) is 0 Å². The Labute approximate surface area is 109 Å². The molecule has 0 saturated heterocycles. The first kappa shape index (κ1) is 14.1. The van der Waals surface area contributed by atoms with Crippen LogP contribution in [0.4, 0.5) is 4.39 Å². The van der Waals surface area contributed by atoms with Gasteiger partial charge in [0.05, 0.1) is 0 Å². The molecule has 0 fully saturated rings. The molecule has 0 saturated carbocycles.